The Morgan fingerprint density at radius 2 is 2.19 bits per heavy atom. The number of halogens is 3. The van der Waals surface area contributed by atoms with E-state index in [9.17, 15) is 18.0 Å². The van der Waals surface area contributed by atoms with Crippen LogP contribution in [0.1, 0.15) is 25.7 Å². The van der Waals surface area contributed by atoms with E-state index < -0.39 is 24.9 Å². The van der Waals surface area contributed by atoms with Crippen LogP contribution in [0.5, 0.6) is 0 Å². The summed E-state index contributed by atoms with van der Waals surface area (Å²) < 4.78 is 35.5. The molecular weight excluding hydrogens is 221 g/mol. The van der Waals surface area contributed by atoms with Crippen LogP contribution in [0.2, 0.25) is 0 Å². The van der Waals surface area contributed by atoms with Crippen molar-refractivity contribution in [3.63, 3.8) is 0 Å². The molecule has 16 heavy (non-hydrogen) atoms. The first-order chi connectivity index (χ1) is 7.47. The fourth-order valence-corrected chi connectivity index (χ4v) is 1.70. The van der Waals surface area contributed by atoms with E-state index in [2.05, 4.69) is 10.6 Å². The lowest BCUT2D eigenvalue weighted by molar-refractivity contribution is -0.144. The molecule has 0 aromatic rings. The first-order valence-corrected chi connectivity index (χ1v) is 5.51. The van der Waals surface area contributed by atoms with E-state index in [-0.39, 0.29) is 0 Å². The largest absolute Gasteiger partial charge is 0.389 e. The van der Waals surface area contributed by atoms with Crippen LogP contribution >= 0.6 is 0 Å². The van der Waals surface area contributed by atoms with Gasteiger partial charge in [0, 0.05) is 13.0 Å². The number of amides is 1. The fraction of sp³-hybridized carbons (Fsp3) is 0.900. The number of carbonyl (C=O) groups is 1. The Hall–Kier alpha value is -0.780. The molecule has 0 aliphatic carbocycles. The highest BCUT2D eigenvalue weighted by atomic mass is 19.4. The van der Waals surface area contributed by atoms with Crippen LogP contribution in [-0.2, 0) is 4.79 Å². The molecule has 0 aromatic carbocycles. The number of nitrogens with one attached hydrogen (secondary N) is 2. The summed E-state index contributed by atoms with van der Waals surface area (Å²) in [5.41, 5.74) is 0. The smallest absolute Gasteiger partial charge is 0.356 e. The molecule has 1 unspecified atom stereocenters. The summed E-state index contributed by atoms with van der Waals surface area (Å²) in [5, 5.41) is 5.73. The molecule has 1 atom stereocenters. The average Bonchev–Trinajstić information content (AvgIpc) is 2.24. The van der Waals surface area contributed by atoms with Gasteiger partial charge in [0.15, 0.2) is 0 Å². The minimum Gasteiger partial charge on any atom is -0.356 e. The second-order valence-corrected chi connectivity index (χ2v) is 4.13. The maximum atomic E-state index is 11.8. The summed E-state index contributed by atoms with van der Waals surface area (Å²) >= 11 is 0. The van der Waals surface area contributed by atoms with E-state index in [1.54, 1.807) is 0 Å². The van der Waals surface area contributed by atoms with Gasteiger partial charge in [0.1, 0.15) is 0 Å². The molecule has 1 rings (SSSR count). The van der Waals surface area contributed by atoms with Gasteiger partial charge in [0.05, 0.1) is 6.42 Å². The zero-order valence-electron chi connectivity index (χ0n) is 9.07. The van der Waals surface area contributed by atoms with Crippen LogP contribution in [0, 0.1) is 5.92 Å². The maximum Gasteiger partial charge on any atom is 0.389 e. The summed E-state index contributed by atoms with van der Waals surface area (Å²) in [5.74, 6) is -0.161. The number of alkyl halides is 3. The van der Waals surface area contributed by atoms with Gasteiger partial charge in [-0.3, -0.25) is 4.79 Å². The Morgan fingerprint density at radius 1 is 1.44 bits per heavy atom. The normalized spacial score (nSPS) is 21.8. The molecular formula is C10H17F3N2O. The van der Waals surface area contributed by atoms with Crippen molar-refractivity contribution in [1.82, 2.24) is 10.6 Å². The molecule has 0 spiro atoms. The monoisotopic (exact) mass is 238 g/mol. The summed E-state index contributed by atoms with van der Waals surface area (Å²) in [6.07, 6.45) is -3.68. The van der Waals surface area contributed by atoms with E-state index in [0.717, 1.165) is 25.9 Å². The van der Waals surface area contributed by atoms with Crippen LogP contribution in [-0.4, -0.2) is 31.7 Å². The Balaban J connectivity index is 2.09. The Bertz CT molecular complexity index is 225. The number of carbonyl (C=O) groups excluding carboxylic acids is 1. The van der Waals surface area contributed by atoms with Gasteiger partial charge < -0.3 is 10.6 Å². The van der Waals surface area contributed by atoms with Crippen molar-refractivity contribution in [2.75, 3.05) is 19.6 Å². The first-order valence-electron chi connectivity index (χ1n) is 5.51. The van der Waals surface area contributed by atoms with Crippen molar-refractivity contribution in [1.29, 1.82) is 0 Å². The summed E-state index contributed by atoms with van der Waals surface area (Å²) in [4.78, 5) is 11.1. The molecule has 3 nitrogen and oxygen atoms in total. The molecule has 0 radical (unpaired) electrons. The highest BCUT2D eigenvalue weighted by Gasteiger charge is 2.27. The number of hydrogen-bond acceptors (Lipinski definition) is 2. The molecule has 94 valence electrons. The molecule has 1 aliphatic heterocycles. The van der Waals surface area contributed by atoms with E-state index in [0.29, 0.717) is 12.5 Å². The average molecular weight is 238 g/mol. The number of hydrogen-bond donors (Lipinski definition) is 2. The third kappa shape index (κ3) is 5.95. The molecule has 0 aromatic heterocycles. The van der Waals surface area contributed by atoms with Crippen LogP contribution < -0.4 is 10.6 Å². The second kappa shape index (κ2) is 6.08. The van der Waals surface area contributed by atoms with Crippen molar-refractivity contribution >= 4 is 5.91 Å². The Labute approximate surface area is 92.8 Å². The lowest BCUT2D eigenvalue weighted by Gasteiger charge is -2.22. The van der Waals surface area contributed by atoms with Crippen molar-refractivity contribution in [2.45, 2.75) is 31.9 Å². The molecule has 1 heterocycles. The quantitative estimate of drug-likeness (QED) is 0.778. The summed E-state index contributed by atoms with van der Waals surface area (Å²) in [7, 11) is 0. The first kappa shape index (κ1) is 13.3. The molecule has 1 saturated heterocycles. The topological polar surface area (TPSA) is 41.1 Å². The highest BCUT2D eigenvalue weighted by Crippen LogP contribution is 2.21. The zero-order chi connectivity index (χ0) is 12.0. The van der Waals surface area contributed by atoms with Crippen LogP contribution in [0.3, 0.4) is 0 Å². The lowest BCUT2D eigenvalue weighted by atomic mass is 10.00. The van der Waals surface area contributed by atoms with E-state index in [1.165, 1.54) is 0 Å². The third-order valence-electron chi connectivity index (χ3n) is 2.62. The minimum absolute atomic E-state index is 0.351. The van der Waals surface area contributed by atoms with E-state index >= 15 is 0 Å². The van der Waals surface area contributed by atoms with Crippen LogP contribution in [0.15, 0.2) is 0 Å². The predicted octanol–water partition coefficient (Wildman–Crippen LogP) is 1.44. The molecule has 1 amide bonds. The van der Waals surface area contributed by atoms with Gasteiger partial charge in [-0.05, 0) is 31.8 Å². The van der Waals surface area contributed by atoms with Crippen molar-refractivity contribution in [2.24, 2.45) is 5.92 Å². The second-order valence-electron chi connectivity index (χ2n) is 4.13. The van der Waals surface area contributed by atoms with Gasteiger partial charge in [-0.2, -0.15) is 13.2 Å². The summed E-state index contributed by atoms with van der Waals surface area (Å²) in [6, 6.07) is 0. The fourth-order valence-electron chi connectivity index (χ4n) is 1.70. The van der Waals surface area contributed by atoms with Gasteiger partial charge in [-0.15, -0.1) is 0 Å². The molecule has 0 bridgehead atoms. The van der Waals surface area contributed by atoms with E-state index in [1.807, 2.05) is 0 Å². The SMILES string of the molecule is O=C(CCC(F)(F)F)NCC1CCCNC1. The Morgan fingerprint density at radius 3 is 2.75 bits per heavy atom. The lowest BCUT2D eigenvalue weighted by Crippen LogP contribution is -2.38. The van der Waals surface area contributed by atoms with Gasteiger partial charge >= 0.3 is 6.18 Å². The molecule has 2 N–H and O–H groups in total. The number of rotatable bonds is 4. The molecule has 1 aliphatic rings. The molecule has 1 fully saturated rings. The van der Waals surface area contributed by atoms with Gasteiger partial charge in [0.25, 0.3) is 0 Å². The summed E-state index contributed by atoms with van der Waals surface area (Å²) in [6.45, 7) is 2.29. The molecule has 6 heteroatoms. The van der Waals surface area contributed by atoms with E-state index in [4.69, 9.17) is 0 Å². The zero-order valence-corrected chi connectivity index (χ0v) is 9.07. The van der Waals surface area contributed by atoms with Crippen LogP contribution in [0.25, 0.3) is 0 Å². The number of piperidine rings is 1. The molecule has 0 saturated carbocycles. The van der Waals surface area contributed by atoms with Gasteiger partial charge in [0.2, 0.25) is 5.91 Å². The van der Waals surface area contributed by atoms with Crippen LogP contribution in [0.4, 0.5) is 13.2 Å². The standard InChI is InChI=1S/C10H17F3N2O/c11-10(12,13)4-3-9(16)15-7-8-2-1-5-14-6-8/h8,14H,1-7H2,(H,15,16). The van der Waals surface area contributed by atoms with Crippen molar-refractivity contribution in [3.8, 4) is 0 Å². The predicted molar refractivity (Wildman–Crippen MR) is 53.9 cm³/mol. The van der Waals surface area contributed by atoms with Crippen molar-refractivity contribution in [3.05, 3.63) is 0 Å². The third-order valence-corrected chi connectivity index (χ3v) is 2.62. The minimum atomic E-state index is -4.25. The highest BCUT2D eigenvalue weighted by molar-refractivity contribution is 5.75. The maximum absolute atomic E-state index is 11.8. The van der Waals surface area contributed by atoms with Gasteiger partial charge in [-0.1, -0.05) is 0 Å². The van der Waals surface area contributed by atoms with Crippen molar-refractivity contribution < 1.29 is 18.0 Å². The Kier molecular flexibility index (Phi) is 5.05. The van der Waals surface area contributed by atoms with Gasteiger partial charge in [-0.25, -0.2) is 0 Å².